The number of hydrogen-bond donors (Lipinski definition) is 1. The van der Waals surface area contributed by atoms with Crippen molar-refractivity contribution in [1.29, 1.82) is 0 Å². The van der Waals surface area contributed by atoms with Gasteiger partial charge in [-0.25, -0.2) is 9.97 Å². The van der Waals surface area contributed by atoms with Crippen molar-refractivity contribution in [1.82, 2.24) is 9.97 Å². The van der Waals surface area contributed by atoms with Crippen molar-refractivity contribution in [3.05, 3.63) is 18.1 Å². The van der Waals surface area contributed by atoms with Gasteiger partial charge in [0.15, 0.2) is 0 Å². The fraction of sp³-hybridized carbons (Fsp3) is 0.556. The van der Waals surface area contributed by atoms with Crippen LogP contribution in [0.1, 0.15) is 12.1 Å². The molecule has 1 aliphatic heterocycles. The third-order valence-corrected chi connectivity index (χ3v) is 3.25. The molecule has 1 N–H and O–H groups in total. The molecule has 0 radical (unpaired) electrons. The van der Waals surface area contributed by atoms with E-state index in [0.29, 0.717) is 6.04 Å². The Bertz CT molecular complexity index is 284. The number of anilines is 1. The standard InChI is InChI=1S/C9H13N3S/c1-7-4-9(11-6-10-7)12-8-2-3-13-5-8/h4,6,8H,2-3,5H2,1H3,(H,10,11,12). The number of aromatic nitrogens is 2. The fourth-order valence-electron chi connectivity index (χ4n) is 1.39. The average Bonchev–Trinajstić information content (AvgIpc) is 2.57. The highest BCUT2D eigenvalue weighted by Gasteiger charge is 2.15. The molecule has 0 amide bonds. The molecule has 70 valence electrons. The van der Waals surface area contributed by atoms with E-state index in [1.165, 1.54) is 17.9 Å². The van der Waals surface area contributed by atoms with E-state index in [1.54, 1.807) is 6.33 Å². The van der Waals surface area contributed by atoms with Crippen LogP contribution in [-0.2, 0) is 0 Å². The Balaban J connectivity index is 2.00. The zero-order chi connectivity index (χ0) is 9.10. The van der Waals surface area contributed by atoms with Gasteiger partial charge in [0.05, 0.1) is 0 Å². The van der Waals surface area contributed by atoms with Crippen LogP contribution < -0.4 is 5.32 Å². The molecule has 3 nitrogen and oxygen atoms in total. The van der Waals surface area contributed by atoms with E-state index >= 15 is 0 Å². The van der Waals surface area contributed by atoms with E-state index in [-0.39, 0.29) is 0 Å². The van der Waals surface area contributed by atoms with Crippen LogP contribution in [0.5, 0.6) is 0 Å². The van der Waals surface area contributed by atoms with E-state index in [9.17, 15) is 0 Å². The molecule has 13 heavy (non-hydrogen) atoms. The Morgan fingerprint density at radius 1 is 1.54 bits per heavy atom. The Kier molecular flexibility index (Phi) is 2.68. The minimum atomic E-state index is 0.597. The lowest BCUT2D eigenvalue weighted by atomic mass is 10.2. The molecule has 0 bridgehead atoms. The van der Waals surface area contributed by atoms with Crippen molar-refractivity contribution in [3.63, 3.8) is 0 Å². The van der Waals surface area contributed by atoms with Crippen LogP contribution in [0, 0.1) is 6.92 Å². The first-order chi connectivity index (χ1) is 6.34. The number of nitrogens with zero attached hydrogens (tertiary/aromatic N) is 2. The monoisotopic (exact) mass is 195 g/mol. The molecular weight excluding hydrogens is 182 g/mol. The molecule has 0 aliphatic carbocycles. The Morgan fingerprint density at radius 3 is 3.15 bits per heavy atom. The summed E-state index contributed by atoms with van der Waals surface area (Å²) in [6.45, 7) is 1.98. The van der Waals surface area contributed by atoms with Crippen molar-refractivity contribution >= 4 is 17.6 Å². The van der Waals surface area contributed by atoms with E-state index in [2.05, 4.69) is 15.3 Å². The smallest absolute Gasteiger partial charge is 0.129 e. The van der Waals surface area contributed by atoms with Crippen LogP contribution in [0.3, 0.4) is 0 Å². The summed E-state index contributed by atoms with van der Waals surface area (Å²) in [7, 11) is 0. The predicted octanol–water partition coefficient (Wildman–Crippen LogP) is 1.70. The lowest BCUT2D eigenvalue weighted by Gasteiger charge is -2.11. The molecule has 1 atom stereocenters. The van der Waals surface area contributed by atoms with Gasteiger partial charge in [0.25, 0.3) is 0 Å². The summed E-state index contributed by atoms with van der Waals surface area (Å²) in [5.41, 5.74) is 1.02. The molecule has 2 rings (SSSR count). The van der Waals surface area contributed by atoms with Gasteiger partial charge in [0.1, 0.15) is 12.1 Å². The number of rotatable bonds is 2. The average molecular weight is 195 g/mol. The number of nitrogens with one attached hydrogen (secondary N) is 1. The fourth-order valence-corrected chi connectivity index (χ4v) is 2.54. The Morgan fingerprint density at radius 2 is 2.46 bits per heavy atom. The number of thioether (sulfide) groups is 1. The van der Waals surface area contributed by atoms with Gasteiger partial charge in [-0.05, 0) is 19.1 Å². The van der Waals surface area contributed by atoms with Crippen molar-refractivity contribution in [2.45, 2.75) is 19.4 Å². The summed E-state index contributed by atoms with van der Waals surface area (Å²) in [6, 6.07) is 2.59. The van der Waals surface area contributed by atoms with Gasteiger partial charge in [-0.15, -0.1) is 0 Å². The van der Waals surface area contributed by atoms with Crippen LogP contribution in [-0.4, -0.2) is 27.5 Å². The highest BCUT2D eigenvalue weighted by Crippen LogP contribution is 2.20. The van der Waals surface area contributed by atoms with Gasteiger partial charge in [-0.2, -0.15) is 11.8 Å². The van der Waals surface area contributed by atoms with E-state index < -0.39 is 0 Å². The molecule has 1 aliphatic rings. The third-order valence-electron chi connectivity index (χ3n) is 2.09. The minimum absolute atomic E-state index is 0.597. The molecule has 1 aromatic heterocycles. The first kappa shape index (κ1) is 8.81. The van der Waals surface area contributed by atoms with E-state index in [4.69, 9.17) is 0 Å². The SMILES string of the molecule is Cc1cc(NC2CCSC2)ncn1. The largest absolute Gasteiger partial charge is 0.366 e. The molecule has 1 unspecified atom stereocenters. The molecule has 4 heteroatoms. The van der Waals surface area contributed by atoms with Gasteiger partial charge in [-0.3, -0.25) is 0 Å². The highest BCUT2D eigenvalue weighted by atomic mass is 32.2. The molecule has 1 saturated heterocycles. The molecular formula is C9H13N3S. The van der Waals surface area contributed by atoms with Crippen molar-refractivity contribution in [3.8, 4) is 0 Å². The second-order valence-electron chi connectivity index (χ2n) is 3.25. The first-order valence-electron chi connectivity index (χ1n) is 4.47. The molecule has 1 aromatic rings. The van der Waals surface area contributed by atoms with Gasteiger partial charge in [0, 0.05) is 23.6 Å². The van der Waals surface area contributed by atoms with E-state index in [1.807, 2.05) is 24.8 Å². The zero-order valence-electron chi connectivity index (χ0n) is 7.66. The van der Waals surface area contributed by atoms with Crippen molar-refractivity contribution < 1.29 is 0 Å². The van der Waals surface area contributed by atoms with Crippen LogP contribution in [0.15, 0.2) is 12.4 Å². The topological polar surface area (TPSA) is 37.8 Å². The molecule has 0 aromatic carbocycles. The van der Waals surface area contributed by atoms with Crippen LogP contribution in [0.4, 0.5) is 5.82 Å². The lowest BCUT2D eigenvalue weighted by Crippen LogP contribution is -2.18. The van der Waals surface area contributed by atoms with Gasteiger partial charge >= 0.3 is 0 Å². The minimum Gasteiger partial charge on any atom is -0.366 e. The van der Waals surface area contributed by atoms with Crippen LogP contribution in [0.2, 0.25) is 0 Å². The molecule has 1 fully saturated rings. The lowest BCUT2D eigenvalue weighted by molar-refractivity contribution is 0.804. The van der Waals surface area contributed by atoms with Crippen molar-refractivity contribution in [2.75, 3.05) is 16.8 Å². The Hall–Kier alpha value is -0.770. The van der Waals surface area contributed by atoms with E-state index in [0.717, 1.165) is 11.5 Å². The maximum absolute atomic E-state index is 4.17. The summed E-state index contributed by atoms with van der Waals surface area (Å²) >= 11 is 2.00. The van der Waals surface area contributed by atoms with Crippen molar-refractivity contribution in [2.24, 2.45) is 0 Å². The summed E-state index contributed by atoms with van der Waals surface area (Å²) in [5.74, 6) is 3.42. The van der Waals surface area contributed by atoms with Gasteiger partial charge < -0.3 is 5.32 Å². The molecule has 0 saturated carbocycles. The summed E-state index contributed by atoms with van der Waals surface area (Å²) in [4.78, 5) is 8.23. The van der Waals surface area contributed by atoms with Crippen LogP contribution >= 0.6 is 11.8 Å². The normalized spacial score (nSPS) is 21.8. The second kappa shape index (κ2) is 3.96. The van der Waals surface area contributed by atoms with Gasteiger partial charge in [-0.1, -0.05) is 0 Å². The Labute approximate surface area is 82.4 Å². The third kappa shape index (κ3) is 2.34. The first-order valence-corrected chi connectivity index (χ1v) is 5.63. The summed E-state index contributed by atoms with van der Waals surface area (Å²) in [6.07, 6.45) is 2.85. The van der Waals surface area contributed by atoms with Gasteiger partial charge in [0.2, 0.25) is 0 Å². The maximum Gasteiger partial charge on any atom is 0.129 e. The summed E-state index contributed by atoms with van der Waals surface area (Å²) < 4.78 is 0. The second-order valence-corrected chi connectivity index (χ2v) is 4.40. The number of aryl methyl sites for hydroxylation is 1. The predicted molar refractivity (Wildman–Crippen MR) is 56.1 cm³/mol. The number of hydrogen-bond acceptors (Lipinski definition) is 4. The molecule has 2 heterocycles. The molecule has 0 spiro atoms. The summed E-state index contributed by atoms with van der Waals surface area (Å²) in [5, 5.41) is 3.41. The highest BCUT2D eigenvalue weighted by molar-refractivity contribution is 7.99. The quantitative estimate of drug-likeness (QED) is 0.779. The maximum atomic E-state index is 4.17. The van der Waals surface area contributed by atoms with Crippen LogP contribution in [0.25, 0.3) is 0 Å². The zero-order valence-corrected chi connectivity index (χ0v) is 8.47.